The van der Waals surface area contributed by atoms with Gasteiger partial charge >= 0.3 is 5.97 Å². The topological polar surface area (TPSA) is 98.5 Å². The number of hydrogen-bond donors (Lipinski definition) is 1. The van der Waals surface area contributed by atoms with Gasteiger partial charge in [0.1, 0.15) is 17.1 Å². The zero-order valence-corrected chi connectivity index (χ0v) is 14.5. The lowest BCUT2D eigenvalue weighted by Crippen LogP contribution is -2.24. The van der Waals surface area contributed by atoms with Crippen molar-refractivity contribution in [2.24, 2.45) is 0 Å². The molecule has 1 N–H and O–H groups in total. The van der Waals surface area contributed by atoms with Crippen LogP contribution in [0.3, 0.4) is 0 Å². The van der Waals surface area contributed by atoms with E-state index in [9.17, 15) is 22.7 Å². The molecule has 0 saturated heterocycles. The van der Waals surface area contributed by atoms with Gasteiger partial charge < -0.3 is 9.84 Å². The molecule has 25 heavy (non-hydrogen) atoms. The maximum absolute atomic E-state index is 14.5. The highest BCUT2D eigenvalue weighted by atomic mass is 32.2. The van der Waals surface area contributed by atoms with Crippen LogP contribution >= 0.6 is 0 Å². The van der Waals surface area contributed by atoms with Crippen LogP contribution in [0.25, 0.3) is 11.3 Å². The SMILES string of the molecule is CCS(=O)(=O)c1ccc(-c2nn3c(c2C(=O)O)O[C@H](C)CC3)c(F)c1. The third kappa shape index (κ3) is 2.99. The molecule has 2 heterocycles. The second kappa shape index (κ2) is 6.14. The van der Waals surface area contributed by atoms with E-state index < -0.39 is 21.6 Å². The third-order valence-corrected chi connectivity index (χ3v) is 5.85. The molecule has 0 spiro atoms. The van der Waals surface area contributed by atoms with Crippen LogP contribution in [0, 0.1) is 5.82 Å². The largest absolute Gasteiger partial charge is 0.477 e. The normalized spacial score (nSPS) is 17.0. The third-order valence-electron chi connectivity index (χ3n) is 4.11. The van der Waals surface area contributed by atoms with Crippen molar-refractivity contribution in [1.82, 2.24) is 9.78 Å². The smallest absolute Gasteiger partial charge is 0.343 e. The first-order valence-corrected chi connectivity index (χ1v) is 9.43. The van der Waals surface area contributed by atoms with Gasteiger partial charge in [0.2, 0.25) is 5.88 Å². The molecule has 7 nitrogen and oxygen atoms in total. The Hall–Kier alpha value is -2.42. The number of aromatic carboxylic acids is 1. The Morgan fingerprint density at radius 1 is 1.48 bits per heavy atom. The summed E-state index contributed by atoms with van der Waals surface area (Å²) in [6.07, 6.45) is 0.487. The molecule has 0 unspecified atom stereocenters. The van der Waals surface area contributed by atoms with Crippen LogP contribution in [0.5, 0.6) is 5.88 Å². The summed E-state index contributed by atoms with van der Waals surface area (Å²) in [4.78, 5) is 11.5. The fourth-order valence-electron chi connectivity index (χ4n) is 2.70. The zero-order chi connectivity index (χ0) is 18.4. The summed E-state index contributed by atoms with van der Waals surface area (Å²) in [5.41, 5.74) is -0.378. The van der Waals surface area contributed by atoms with E-state index >= 15 is 0 Å². The first-order valence-electron chi connectivity index (χ1n) is 7.78. The number of hydrogen-bond acceptors (Lipinski definition) is 5. The molecular formula is C16H17FN2O5S. The highest BCUT2D eigenvalue weighted by Crippen LogP contribution is 2.35. The standard InChI is InChI=1S/C16H17FN2O5S/c1-3-25(22,23)10-4-5-11(12(17)8-10)14-13(16(20)21)15-19(18-14)7-6-9(2)24-15/h4-5,8-9H,3,6-7H2,1-2H3,(H,20,21)/t9-/m1/s1. The number of rotatable bonds is 4. The van der Waals surface area contributed by atoms with Crippen molar-refractivity contribution in [3.8, 4) is 17.1 Å². The van der Waals surface area contributed by atoms with Crippen molar-refractivity contribution in [2.45, 2.75) is 37.8 Å². The van der Waals surface area contributed by atoms with Crippen LogP contribution in [0.1, 0.15) is 30.6 Å². The van der Waals surface area contributed by atoms with Gasteiger partial charge in [-0.2, -0.15) is 5.10 Å². The van der Waals surface area contributed by atoms with E-state index in [1.807, 2.05) is 6.92 Å². The van der Waals surface area contributed by atoms with Gasteiger partial charge in [-0.3, -0.25) is 0 Å². The molecule has 9 heteroatoms. The van der Waals surface area contributed by atoms with Crippen molar-refractivity contribution in [3.05, 3.63) is 29.6 Å². The average molecular weight is 368 g/mol. The number of carboxylic acids is 1. The number of aromatic nitrogens is 2. The Kier molecular flexibility index (Phi) is 4.28. The summed E-state index contributed by atoms with van der Waals surface area (Å²) in [6.45, 7) is 3.74. The molecule has 0 aliphatic carbocycles. The number of sulfone groups is 1. The Morgan fingerprint density at radius 3 is 2.80 bits per heavy atom. The summed E-state index contributed by atoms with van der Waals surface area (Å²) >= 11 is 0. The number of carbonyl (C=O) groups is 1. The van der Waals surface area contributed by atoms with Crippen molar-refractivity contribution < 1.29 is 27.4 Å². The summed E-state index contributed by atoms with van der Waals surface area (Å²) in [5.74, 6) is -2.20. The molecule has 0 bridgehead atoms. The van der Waals surface area contributed by atoms with Gasteiger partial charge in [-0.25, -0.2) is 22.3 Å². The van der Waals surface area contributed by atoms with Crippen LogP contribution in [0.15, 0.2) is 23.1 Å². The number of aryl methyl sites for hydroxylation is 1. The van der Waals surface area contributed by atoms with Crippen molar-refractivity contribution in [2.75, 3.05) is 5.75 Å². The fourth-order valence-corrected chi connectivity index (χ4v) is 3.59. The Morgan fingerprint density at radius 2 is 2.20 bits per heavy atom. The minimum Gasteiger partial charge on any atom is -0.477 e. The lowest BCUT2D eigenvalue weighted by atomic mass is 10.1. The van der Waals surface area contributed by atoms with Crippen molar-refractivity contribution >= 4 is 15.8 Å². The number of carboxylic acid groups (broad SMARTS) is 1. The van der Waals surface area contributed by atoms with Crippen LogP contribution in [-0.2, 0) is 16.4 Å². The maximum atomic E-state index is 14.5. The highest BCUT2D eigenvalue weighted by molar-refractivity contribution is 7.91. The van der Waals surface area contributed by atoms with E-state index in [2.05, 4.69) is 5.10 Å². The minimum absolute atomic E-state index is 0.0745. The van der Waals surface area contributed by atoms with E-state index in [0.29, 0.717) is 13.0 Å². The second-order valence-corrected chi connectivity index (χ2v) is 8.10. The number of halogens is 1. The molecule has 0 fully saturated rings. The van der Waals surface area contributed by atoms with Crippen molar-refractivity contribution in [3.63, 3.8) is 0 Å². The molecule has 1 atom stereocenters. The second-order valence-electron chi connectivity index (χ2n) is 5.82. The average Bonchev–Trinajstić information content (AvgIpc) is 2.93. The van der Waals surface area contributed by atoms with Crippen LogP contribution in [0.4, 0.5) is 4.39 Å². The lowest BCUT2D eigenvalue weighted by Gasteiger charge is -2.21. The Balaban J connectivity index is 2.16. The molecule has 1 aliphatic heterocycles. The van der Waals surface area contributed by atoms with Crippen LogP contribution in [0.2, 0.25) is 0 Å². The van der Waals surface area contributed by atoms with E-state index in [1.54, 1.807) is 0 Å². The first kappa shape index (κ1) is 17.4. The van der Waals surface area contributed by atoms with Gasteiger partial charge in [-0.05, 0) is 25.1 Å². The molecule has 0 saturated carbocycles. The minimum atomic E-state index is -3.56. The monoisotopic (exact) mass is 368 g/mol. The van der Waals surface area contributed by atoms with Gasteiger partial charge in [0.05, 0.1) is 16.8 Å². The maximum Gasteiger partial charge on any atom is 0.343 e. The molecule has 134 valence electrons. The molecule has 3 rings (SSSR count). The van der Waals surface area contributed by atoms with Gasteiger partial charge in [0, 0.05) is 18.5 Å². The molecule has 2 aromatic rings. The van der Waals surface area contributed by atoms with Gasteiger partial charge in [-0.15, -0.1) is 0 Å². The molecular weight excluding hydrogens is 351 g/mol. The van der Waals surface area contributed by atoms with E-state index in [0.717, 1.165) is 6.07 Å². The van der Waals surface area contributed by atoms with Crippen LogP contribution in [-0.4, -0.2) is 41.1 Å². The lowest BCUT2D eigenvalue weighted by molar-refractivity contribution is 0.0684. The number of fused-ring (bicyclic) bond motifs is 1. The summed E-state index contributed by atoms with van der Waals surface area (Å²) in [6, 6.07) is 3.38. The molecule has 1 aromatic heterocycles. The van der Waals surface area contributed by atoms with Crippen LogP contribution < -0.4 is 4.74 Å². The molecule has 1 aromatic carbocycles. The first-order chi connectivity index (χ1) is 11.7. The Labute approximate surface area is 144 Å². The molecule has 1 aliphatic rings. The number of benzene rings is 1. The number of nitrogens with zero attached hydrogens (tertiary/aromatic N) is 2. The quantitative estimate of drug-likeness (QED) is 0.889. The number of ether oxygens (including phenoxy) is 1. The van der Waals surface area contributed by atoms with E-state index in [1.165, 1.54) is 23.7 Å². The summed E-state index contributed by atoms with van der Waals surface area (Å²) in [7, 11) is -3.56. The van der Waals surface area contributed by atoms with Gasteiger partial charge in [0.15, 0.2) is 9.84 Å². The Bertz CT molecular complexity index is 952. The van der Waals surface area contributed by atoms with E-state index in [-0.39, 0.29) is 39.5 Å². The summed E-state index contributed by atoms with van der Waals surface area (Å²) in [5, 5.41) is 13.7. The highest BCUT2D eigenvalue weighted by Gasteiger charge is 2.31. The fraction of sp³-hybridized carbons (Fsp3) is 0.375. The molecule has 0 radical (unpaired) electrons. The van der Waals surface area contributed by atoms with Gasteiger partial charge in [-0.1, -0.05) is 6.92 Å². The van der Waals surface area contributed by atoms with E-state index in [4.69, 9.17) is 4.74 Å². The van der Waals surface area contributed by atoms with Gasteiger partial charge in [0.25, 0.3) is 0 Å². The van der Waals surface area contributed by atoms with Crippen molar-refractivity contribution in [1.29, 1.82) is 0 Å². The molecule has 0 amide bonds. The predicted molar refractivity (Wildman–Crippen MR) is 87.0 cm³/mol. The predicted octanol–water partition coefficient (Wildman–Crippen LogP) is 2.35. The zero-order valence-electron chi connectivity index (χ0n) is 13.7. The summed E-state index contributed by atoms with van der Waals surface area (Å²) < 4.78 is 45.2.